The lowest BCUT2D eigenvalue weighted by molar-refractivity contribution is 0.306. The highest BCUT2D eigenvalue weighted by Gasteiger charge is 2.03. The molecule has 8 aromatic rings. The molecule has 0 radical (unpaired) electrons. The summed E-state index contributed by atoms with van der Waals surface area (Å²) in [5.41, 5.74) is 4.11. The van der Waals surface area contributed by atoms with Gasteiger partial charge in [-0.05, 0) is 54.1 Å². The molecule has 57 heavy (non-hydrogen) atoms. The van der Waals surface area contributed by atoms with Crippen molar-refractivity contribution in [2.75, 3.05) is 23.1 Å². The highest BCUT2D eigenvalue weighted by atomic mass is 35.5. The first-order valence-corrected chi connectivity index (χ1v) is 18.6. The van der Waals surface area contributed by atoms with Gasteiger partial charge in [0.15, 0.2) is 0 Å². The Hall–Kier alpha value is -7.18. The van der Waals surface area contributed by atoms with Crippen LogP contribution < -0.4 is 30.2 Å². The topological polar surface area (TPSA) is 150 Å². The molecule has 8 rings (SSSR count). The van der Waals surface area contributed by atoms with Crippen molar-refractivity contribution in [3.8, 4) is 23.0 Å². The van der Waals surface area contributed by atoms with Crippen LogP contribution in [0.2, 0.25) is 5.02 Å². The molecule has 0 unspecified atom stereocenters. The Bertz CT molecular complexity index is 2290. The van der Waals surface area contributed by atoms with Gasteiger partial charge < -0.3 is 45.1 Å². The number of para-hydroxylation sites is 1. The highest BCUT2D eigenvalue weighted by molar-refractivity contribution is 6.32. The summed E-state index contributed by atoms with van der Waals surface area (Å²) in [5, 5.41) is 10.4. The van der Waals surface area contributed by atoms with E-state index < -0.39 is 0 Å². The number of ether oxygens (including phenoxy) is 3. The van der Waals surface area contributed by atoms with Crippen molar-refractivity contribution < 1.29 is 14.2 Å². The first-order chi connectivity index (χ1) is 28.1. The zero-order valence-electron chi connectivity index (χ0n) is 31.4. The average molecular weight is 782 g/mol. The first-order valence-electron chi connectivity index (χ1n) is 18.2. The number of benzene rings is 5. The minimum absolute atomic E-state index is 0.572. The number of nitrogens with zero attached hydrogens (tertiary/aromatic N) is 3. The predicted molar refractivity (Wildman–Crippen MR) is 226 cm³/mol. The van der Waals surface area contributed by atoms with Crippen LogP contribution in [0, 0.1) is 0 Å². The summed E-state index contributed by atoms with van der Waals surface area (Å²) in [6.07, 6.45) is 10.6. The number of rotatable bonds is 15. The second-order valence-corrected chi connectivity index (χ2v) is 12.7. The molecule has 5 aromatic carbocycles. The summed E-state index contributed by atoms with van der Waals surface area (Å²) in [6, 6.07) is 41.2. The van der Waals surface area contributed by atoms with Crippen LogP contribution >= 0.6 is 11.6 Å². The van der Waals surface area contributed by atoms with Crippen molar-refractivity contribution in [1.82, 2.24) is 29.9 Å². The van der Waals surface area contributed by atoms with Gasteiger partial charge in [-0.2, -0.15) is 0 Å². The van der Waals surface area contributed by atoms with Crippen molar-refractivity contribution in [2.45, 2.75) is 26.2 Å². The largest absolute Gasteiger partial charge is 0.495 e. The molecule has 0 bridgehead atoms. The van der Waals surface area contributed by atoms with Crippen LogP contribution in [0.25, 0.3) is 0 Å². The molecule has 3 heterocycles. The van der Waals surface area contributed by atoms with E-state index >= 15 is 0 Å². The predicted octanol–water partition coefficient (Wildman–Crippen LogP) is 10.1. The standard InChI is InChI=1S/C17H17N3O.C16H15N3O.C11H12ClN3O/c1-2-5-14(6-3-1)13-21-16-8-4-7-15(11-16)20-12-17-18-9-10-19-17;1-2-6-14(7-3-1)20-15-8-4-5-13(11-15)19-12-16-17-9-10-18-16;1-16-10-6-8(2-3-9(10)12)15-7-11-13-4-5-14-11/h1-11,20H,12-13H2,(H,18,19);1-11,19H,12H2,(H,17,18);2-6,15H,7H2,1H3,(H,13,14). The minimum Gasteiger partial charge on any atom is -0.495 e. The van der Waals surface area contributed by atoms with Gasteiger partial charge in [-0.25, -0.2) is 15.0 Å². The molecule has 0 spiro atoms. The van der Waals surface area contributed by atoms with Crippen molar-refractivity contribution in [3.05, 3.63) is 193 Å². The van der Waals surface area contributed by atoms with Crippen LogP contribution in [0.15, 0.2) is 165 Å². The molecule has 0 aliphatic heterocycles. The molecule has 0 fully saturated rings. The third-order valence-corrected chi connectivity index (χ3v) is 8.40. The second-order valence-electron chi connectivity index (χ2n) is 12.3. The van der Waals surface area contributed by atoms with Gasteiger partial charge in [0.25, 0.3) is 0 Å². The lowest BCUT2D eigenvalue weighted by Gasteiger charge is -2.09. The highest BCUT2D eigenvalue weighted by Crippen LogP contribution is 2.28. The first kappa shape index (κ1) is 39.5. The lowest BCUT2D eigenvalue weighted by Crippen LogP contribution is -2.01. The zero-order chi connectivity index (χ0) is 39.3. The monoisotopic (exact) mass is 781 g/mol. The zero-order valence-corrected chi connectivity index (χ0v) is 32.1. The summed E-state index contributed by atoms with van der Waals surface area (Å²) in [7, 11) is 1.59. The van der Waals surface area contributed by atoms with Crippen LogP contribution in [-0.2, 0) is 26.2 Å². The SMILES string of the molecule is COc1cc(NCc2ncc[nH]2)ccc1Cl.c1ccc(COc2cccc(NCc3ncc[nH]3)c2)cc1.c1ccc(Oc2cccc(NCc3ncc[nH]3)c2)cc1. The maximum atomic E-state index is 5.92. The number of hydrogen-bond acceptors (Lipinski definition) is 9. The van der Waals surface area contributed by atoms with Gasteiger partial charge in [0.05, 0.1) is 31.8 Å². The van der Waals surface area contributed by atoms with Crippen molar-refractivity contribution in [1.29, 1.82) is 0 Å². The summed E-state index contributed by atoms with van der Waals surface area (Å²) in [5.74, 6) is 5.84. The molecule has 0 saturated carbocycles. The van der Waals surface area contributed by atoms with Crippen molar-refractivity contribution in [2.24, 2.45) is 0 Å². The molecular formula is C44H44ClN9O3. The third-order valence-electron chi connectivity index (χ3n) is 8.09. The number of nitrogens with one attached hydrogen (secondary N) is 6. The summed E-state index contributed by atoms with van der Waals surface area (Å²) in [4.78, 5) is 21.6. The fraction of sp³-hybridized carbons (Fsp3) is 0.114. The van der Waals surface area contributed by atoms with Crippen LogP contribution in [0.3, 0.4) is 0 Å². The molecular weight excluding hydrogens is 738 g/mol. The van der Waals surface area contributed by atoms with Gasteiger partial charge in [-0.3, -0.25) is 0 Å². The van der Waals surface area contributed by atoms with E-state index in [1.54, 1.807) is 38.0 Å². The van der Waals surface area contributed by atoms with Crippen molar-refractivity contribution >= 4 is 28.7 Å². The normalized spacial score (nSPS) is 10.2. The molecule has 0 amide bonds. The summed E-state index contributed by atoms with van der Waals surface area (Å²) < 4.78 is 16.7. The van der Waals surface area contributed by atoms with Crippen LogP contribution in [0.5, 0.6) is 23.0 Å². The lowest BCUT2D eigenvalue weighted by atomic mass is 10.2. The summed E-state index contributed by atoms with van der Waals surface area (Å²) >= 11 is 5.92. The maximum Gasteiger partial charge on any atom is 0.139 e. The van der Waals surface area contributed by atoms with Gasteiger partial charge in [0, 0.05) is 72.4 Å². The molecule has 12 nitrogen and oxygen atoms in total. The van der Waals surface area contributed by atoms with Crippen LogP contribution in [0.1, 0.15) is 23.0 Å². The molecule has 0 atom stereocenters. The van der Waals surface area contributed by atoms with E-state index in [1.165, 1.54) is 0 Å². The van der Waals surface area contributed by atoms with E-state index in [0.717, 1.165) is 57.3 Å². The Balaban J connectivity index is 0.000000146. The van der Waals surface area contributed by atoms with E-state index in [0.29, 0.717) is 37.0 Å². The second kappa shape index (κ2) is 21.6. The van der Waals surface area contributed by atoms with E-state index in [-0.39, 0.29) is 0 Å². The summed E-state index contributed by atoms with van der Waals surface area (Å²) in [6.45, 7) is 2.52. The van der Waals surface area contributed by atoms with E-state index in [4.69, 9.17) is 25.8 Å². The Morgan fingerprint density at radius 3 is 1.54 bits per heavy atom. The van der Waals surface area contributed by atoms with E-state index in [9.17, 15) is 0 Å². The van der Waals surface area contributed by atoms with E-state index in [1.807, 2.05) is 122 Å². The molecule has 3 aromatic heterocycles. The van der Waals surface area contributed by atoms with Gasteiger partial charge in [-0.15, -0.1) is 0 Å². The van der Waals surface area contributed by atoms with Gasteiger partial charge in [0.1, 0.15) is 47.1 Å². The number of anilines is 3. The molecule has 0 aliphatic rings. The molecule has 290 valence electrons. The Morgan fingerprint density at radius 1 is 0.526 bits per heavy atom. The Kier molecular flexibility index (Phi) is 15.0. The fourth-order valence-corrected chi connectivity index (χ4v) is 5.44. The molecule has 0 saturated heterocycles. The Morgan fingerprint density at radius 2 is 1.02 bits per heavy atom. The number of imidazole rings is 3. The van der Waals surface area contributed by atoms with Crippen LogP contribution in [-0.4, -0.2) is 37.0 Å². The number of H-pyrrole nitrogens is 3. The minimum atomic E-state index is 0.572. The van der Waals surface area contributed by atoms with Gasteiger partial charge in [-0.1, -0.05) is 72.3 Å². The molecule has 6 N–H and O–H groups in total. The van der Waals surface area contributed by atoms with E-state index in [2.05, 4.69) is 58.0 Å². The smallest absolute Gasteiger partial charge is 0.139 e. The molecule has 13 heteroatoms. The number of halogens is 1. The van der Waals surface area contributed by atoms with Gasteiger partial charge in [0.2, 0.25) is 0 Å². The van der Waals surface area contributed by atoms with Crippen molar-refractivity contribution in [3.63, 3.8) is 0 Å². The number of aromatic amines is 3. The average Bonchev–Trinajstić information content (AvgIpc) is 4.09. The quantitative estimate of drug-likeness (QED) is 0.0597. The number of aromatic nitrogens is 6. The maximum absolute atomic E-state index is 5.92. The Labute approximate surface area is 336 Å². The fourth-order valence-electron chi connectivity index (χ4n) is 5.24. The van der Waals surface area contributed by atoms with Gasteiger partial charge >= 0.3 is 0 Å². The number of hydrogen-bond donors (Lipinski definition) is 6. The van der Waals surface area contributed by atoms with Crippen LogP contribution in [0.4, 0.5) is 17.1 Å². The number of methoxy groups -OCH3 is 1. The molecule has 0 aliphatic carbocycles. The third kappa shape index (κ3) is 13.6.